The Morgan fingerprint density at radius 2 is 1.71 bits per heavy atom. The first kappa shape index (κ1) is 20.0. The van der Waals surface area contributed by atoms with E-state index in [0.29, 0.717) is 23.4 Å². The quantitative estimate of drug-likeness (QED) is 0.430. The molecule has 0 spiro atoms. The number of ketones is 2. The van der Waals surface area contributed by atoms with E-state index in [1.807, 2.05) is 19.0 Å². The van der Waals surface area contributed by atoms with Crippen LogP contribution in [-0.4, -0.2) is 44.2 Å². The van der Waals surface area contributed by atoms with Gasteiger partial charge >= 0.3 is 0 Å². The summed E-state index contributed by atoms with van der Waals surface area (Å²) in [6.45, 7) is 0.585. The van der Waals surface area contributed by atoms with Gasteiger partial charge in [-0.2, -0.15) is 4.57 Å². The summed E-state index contributed by atoms with van der Waals surface area (Å²) in [5, 5.41) is 0. The van der Waals surface area contributed by atoms with Crippen molar-refractivity contribution in [2.75, 3.05) is 27.7 Å². The van der Waals surface area contributed by atoms with Crippen LogP contribution in [0, 0.1) is 0 Å². The van der Waals surface area contributed by atoms with Gasteiger partial charge in [0, 0.05) is 23.3 Å². The van der Waals surface area contributed by atoms with Crippen LogP contribution in [0.2, 0.25) is 0 Å². The lowest BCUT2D eigenvalue weighted by atomic mass is 10.1. The number of ether oxygens (including phenoxy) is 1. The van der Waals surface area contributed by atoms with Gasteiger partial charge in [-0.15, -0.1) is 0 Å². The molecule has 0 saturated carbocycles. The van der Waals surface area contributed by atoms with Crippen molar-refractivity contribution in [3.05, 3.63) is 59.9 Å². The van der Waals surface area contributed by atoms with Crippen molar-refractivity contribution in [1.82, 2.24) is 4.90 Å². The molecule has 1 aromatic carbocycles. The molecule has 0 bridgehead atoms. The fourth-order valence-corrected chi connectivity index (χ4v) is 2.18. The number of likely N-dealkylation sites (N-methyl/N-ethyl adjacent to an activating group) is 1. The lowest BCUT2D eigenvalue weighted by Crippen LogP contribution is -3.00. The molecule has 2 aromatic rings. The SMILES string of the molecule is COc1cccc(C(=O)C[n+]2ccc(C(=O)CN(C)C)cc2)c1.[Br-]. The molecule has 0 aliphatic heterocycles. The van der Waals surface area contributed by atoms with Gasteiger partial charge in [-0.3, -0.25) is 9.59 Å². The van der Waals surface area contributed by atoms with E-state index < -0.39 is 0 Å². The summed E-state index contributed by atoms with van der Waals surface area (Å²) in [5.74, 6) is 0.702. The number of nitrogens with zero attached hydrogens (tertiary/aromatic N) is 2. The van der Waals surface area contributed by atoms with Gasteiger partial charge in [-0.05, 0) is 26.2 Å². The average molecular weight is 393 g/mol. The van der Waals surface area contributed by atoms with Gasteiger partial charge in [0.25, 0.3) is 0 Å². The summed E-state index contributed by atoms with van der Waals surface area (Å²) < 4.78 is 6.89. The highest BCUT2D eigenvalue weighted by atomic mass is 79.9. The molecular formula is C18H21BrN2O3. The standard InChI is InChI=1S/C18H21N2O3.BrH/c1-19(2)12-17(21)14-7-9-20(10-8-14)13-18(22)15-5-4-6-16(11-15)23-3;/h4-11H,12-13H2,1-3H3;1H/q+1;/p-1. The highest BCUT2D eigenvalue weighted by Gasteiger charge is 2.14. The molecule has 0 fully saturated rings. The van der Waals surface area contributed by atoms with Crippen molar-refractivity contribution in [3.63, 3.8) is 0 Å². The van der Waals surface area contributed by atoms with E-state index in [4.69, 9.17) is 4.74 Å². The molecule has 128 valence electrons. The molecule has 24 heavy (non-hydrogen) atoms. The van der Waals surface area contributed by atoms with Crippen molar-refractivity contribution >= 4 is 11.6 Å². The topological polar surface area (TPSA) is 50.5 Å². The summed E-state index contributed by atoms with van der Waals surface area (Å²) in [6.07, 6.45) is 3.50. The number of methoxy groups -OCH3 is 1. The van der Waals surface area contributed by atoms with E-state index >= 15 is 0 Å². The van der Waals surface area contributed by atoms with Crippen LogP contribution in [0.4, 0.5) is 0 Å². The first-order chi connectivity index (χ1) is 11.0. The Kier molecular flexibility index (Phi) is 7.74. The van der Waals surface area contributed by atoms with E-state index in [9.17, 15) is 9.59 Å². The first-order valence-corrected chi connectivity index (χ1v) is 7.34. The van der Waals surface area contributed by atoms with E-state index in [1.165, 1.54) is 0 Å². The number of benzene rings is 1. The van der Waals surface area contributed by atoms with Gasteiger partial charge in [0.1, 0.15) is 5.75 Å². The Labute approximate surface area is 152 Å². The molecule has 6 heteroatoms. The molecule has 0 radical (unpaired) electrons. The molecule has 1 heterocycles. The second-order valence-electron chi connectivity index (χ2n) is 5.58. The molecule has 2 rings (SSSR count). The molecule has 0 unspecified atom stereocenters. The van der Waals surface area contributed by atoms with E-state index in [2.05, 4.69) is 0 Å². The van der Waals surface area contributed by atoms with E-state index in [1.54, 1.807) is 60.5 Å². The highest BCUT2D eigenvalue weighted by molar-refractivity contribution is 5.97. The first-order valence-electron chi connectivity index (χ1n) is 7.34. The van der Waals surface area contributed by atoms with Gasteiger partial charge in [0.15, 0.2) is 18.2 Å². The minimum Gasteiger partial charge on any atom is -1.00 e. The maximum absolute atomic E-state index is 12.3. The summed E-state index contributed by atoms with van der Waals surface area (Å²) in [4.78, 5) is 26.1. The Morgan fingerprint density at radius 3 is 2.29 bits per heavy atom. The summed E-state index contributed by atoms with van der Waals surface area (Å²) >= 11 is 0. The minimum atomic E-state index is -0.0127. The van der Waals surface area contributed by atoms with Gasteiger partial charge < -0.3 is 26.6 Å². The fourth-order valence-electron chi connectivity index (χ4n) is 2.18. The van der Waals surface area contributed by atoms with E-state index in [-0.39, 0.29) is 35.1 Å². The van der Waals surface area contributed by atoms with Crippen LogP contribution in [0.5, 0.6) is 5.75 Å². The molecular weight excluding hydrogens is 372 g/mol. The Morgan fingerprint density at radius 1 is 1.04 bits per heavy atom. The molecule has 0 aliphatic carbocycles. The van der Waals surface area contributed by atoms with Gasteiger partial charge in [0.2, 0.25) is 12.3 Å². The van der Waals surface area contributed by atoms with Crippen LogP contribution in [-0.2, 0) is 6.54 Å². The van der Waals surface area contributed by atoms with Gasteiger partial charge in [-0.1, -0.05) is 12.1 Å². The Bertz CT molecular complexity index is 700. The van der Waals surface area contributed by atoms with Gasteiger partial charge in [0.05, 0.1) is 13.7 Å². The van der Waals surface area contributed by atoms with Crippen molar-refractivity contribution in [3.8, 4) is 5.75 Å². The third-order valence-corrected chi connectivity index (χ3v) is 3.39. The number of hydrogen-bond donors (Lipinski definition) is 0. The predicted molar refractivity (Wildman–Crippen MR) is 86.8 cm³/mol. The molecule has 5 nitrogen and oxygen atoms in total. The van der Waals surface area contributed by atoms with Gasteiger partial charge in [-0.25, -0.2) is 0 Å². The molecule has 0 amide bonds. The molecule has 0 saturated heterocycles. The maximum Gasteiger partial charge on any atom is 0.227 e. The molecule has 0 atom stereocenters. The Balaban J connectivity index is 0.00000288. The van der Waals surface area contributed by atoms with Crippen LogP contribution >= 0.6 is 0 Å². The maximum atomic E-state index is 12.3. The number of carbonyl (C=O) groups is 2. The van der Waals surface area contributed by atoms with Crippen LogP contribution < -0.4 is 26.3 Å². The summed E-state index contributed by atoms with van der Waals surface area (Å²) in [6, 6.07) is 10.6. The molecule has 1 aromatic heterocycles. The number of carbonyl (C=O) groups excluding carboxylic acids is 2. The normalized spacial score (nSPS) is 10.2. The fraction of sp³-hybridized carbons (Fsp3) is 0.278. The van der Waals surface area contributed by atoms with Crippen LogP contribution in [0.15, 0.2) is 48.8 Å². The summed E-state index contributed by atoms with van der Waals surface area (Å²) in [5.41, 5.74) is 1.24. The second-order valence-corrected chi connectivity index (χ2v) is 5.58. The van der Waals surface area contributed by atoms with Crippen LogP contribution in [0.25, 0.3) is 0 Å². The zero-order chi connectivity index (χ0) is 16.8. The van der Waals surface area contributed by atoms with Crippen molar-refractivity contribution < 1.29 is 35.9 Å². The molecule has 0 aliphatic rings. The number of rotatable bonds is 7. The zero-order valence-electron chi connectivity index (χ0n) is 14.0. The predicted octanol–water partition coefficient (Wildman–Crippen LogP) is -1.39. The zero-order valence-corrected chi connectivity index (χ0v) is 15.6. The minimum absolute atomic E-state index is 0. The number of halogens is 1. The average Bonchev–Trinajstić information content (AvgIpc) is 2.55. The smallest absolute Gasteiger partial charge is 0.227 e. The number of aromatic nitrogens is 1. The number of Topliss-reactive ketones (excluding diaryl/α,β-unsaturated/α-hetero) is 2. The number of hydrogen-bond acceptors (Lipinski definition) is 4. The molecule has 0 N–H and O–H groups in total. The van der Waals surface area contributed by atoms with Crippen molar-refractivity contribution in [2.45, 2.75) is 6.54 Å². The third-order valence-electron chi connectivity index (χ3n) is 3.39. The lowest BCUT2D eigenvalue weighted by Gasteiger charge is -2.07. The largest absolute Gasteiger partial charge is 1.00 e. The monoisotopic (exact) mass is 392 g/mol. The van der Waals surface area contributed by atoms with Crippen LogP contribution in [0.3, 0.4) is 0 Å². The lowest BCUT2D eigenvalue weighted by molar-refractivity contribution is -0.683. The second kappa shape index (κ2) is 9.30. The third kappa shape index (κ3) is 5.54. The van der Waals surface area contributed by atoms with Crippen molar-refractivity contribution in [1.29, 1.82) is 0 Å². The number of pyridine rings is 1. The van der Waals surface area contributed by atoms with E-state index in [0.717, 1.165) is 0 Å². The Hall–Kier alpha value is -2.05. The highest BCUT2D eigenvalue weighted by Crippen LogP contribution is 2.13. The van der Waals surface area contributed by atoms with Crippen molar-refractivity contribution in [2.24, 2.45) is 0 Å². The summed E-state index contributed by atoms with van der Waals surface area (Å²) in [7, 11) is 5.28. The van der Waals surface area contributed by atoms with Crippen LogP contribution in [0.1, 0.15) is 20.7 Å².